The molecule has 2 aromatic heterocycles. The highest BCUT2D eigenvalue weighted by atomic mass is 32.2. The van der Waals surface area contributed by atoms with Gasteiger partial charge in [0.2, 0.25) is 0 Å². The zero-order valence-corrected chi connectivity index (χ0v) is 13.6. The number of aromatic amines is 1. The second-order valence-electron chi connectivity index (χ2n) is 5.43. The molecule has 1 amide bonds. The van der Waals surface area contributed by atoms with Gasteiger partial charge in [-0.1, -0.05) is 0 Å². The van der Waals surface area contributed by atoms with Gasteiger partial charge in [-0.25, -0.2) is 8.42 Å². The highest BCUT2D eigenvalue weighted by Crippen LogP contribution is 2.22. The van der Waals surface area contributed by atoms with Crippen LogP contribution in [0.25, 0.3) is 0 Å². The van der Waals surface area contributed by atoms with E-state index in [9.17, 15) is 13.2 Å². The molecule has 3 heterocycles. The van der Waals surface area contributed by atoms with Crippen molar-refractivity contribution in [3.05, 3.63) is 42.5 Å². The Bertz CT molecular complexity index is 795. The summed E-state index contributed by atoms with van der Waals surface area (Å²) in [5.41, 5.74) is 0.756. The second-order valence-corrected chi connectivity index (χ2v) is 7.40. The summed E-state index contributed by atoms with van der Waals surface area (Å²) < 4.78 is 26.4. The van der Waals surface area contributed by atoms with Gasteiger partial charge in [0.15, 0.2) is 0 Å². The molecule has 1 N–H and O–H groups in total. The summed E-state index contributed by atoms with van der Waals surface area (Å²) in [4.78, 5) is 20.8. The third kappa shape index (κ3) is 2.94. The van der Waals surface area contributed by atoms with Crippen LogP contribution < -0.4 is 4.31 Å². The van der Waals surface area contributed by atoms with Gasteiger partial charge in [0.25, 0.3) is 15.9 Å². The number of amides is 1. The Balaban J connectivity index is 1.85. The van der Waals surface area contributed by atoms with E-state index < -0.39 is 10.0 Å². The van der Waals surface area contributed by atoms with Crippen LogP contribution in [0.4, 0.5) is 5.69 Å². The summed E-state index contributed by atoms with van der Waals surface area (Å²) in [7, 11) is -2.28. The van der Waals surface area contributed by atoms with E-state index in [4.69, 9.17) is 0 Å². The number of anilines is 1. The van der Waals surface area contributed by atoms with E-state index in [0.717, 1.165) is 30.2 Å². The van der Waals surface area contributed by atoms with Crippen molar-refractivity contribution in [1.29, 1.82) is 0 Å². The summed E-state index contributed by atoms with van der Waals surface area (Å²) in [6.45, 7) is 1.44. The first-order chi connectivity index (χ1) is 11.0. The van der Waals surface area contributed by atoms with E-state index in [1.54, 1.807) is 23.2 Å². The van der Waals surface area contributed by atoms with Gasteiger partial charge in [0, 0.05) is 32.5 Å². The number of carbonyl (C=O) groups is 1. The van der Waals surface area contributed by atoms with Crippen LogP contribution in [0.2, 0.25) is 0 Å². The number of likely N-dealkylation sites (tertiary alicyclic amines) is 1. The normalized spacial score (nSPS) is 14.9. The minimum Gasteiger partial charge on any atom is -0.356 e. The van der Waals surface area contributed by atoms with Crippen LogP contribution >= 0.6 is 0 Å². The van der Waals surface area contributed by atoms with Gasteiger partial charge in [-0.3, -0.25) is 14.1 Å². The van der Waals surface area contributed by atoms with Crippen molar-refractivity contribution in [3.8, 4) is 0 Å². The second kappa shape index (κ2) is 6.04. The van der Waals surface area contributed by atoms with Gasteiger partial charge in [0.1, 0.15) is 10.6 Å². The van der Waals surface area contributed by atoms with Gasteiger partial charge in [0.05, 0.1) is 11.9 Å². The zero-order valence-electron chi connectivity index (χ0n) is 12.8. The molecular weight excluding hydrogens is 316 g/mol. The van der Waals surface area contributed by atoms with E-state index in [-0.39, 0.29) is 10.8 Å². The Kier molecular flexibility index (Phi) is 4.08. The van der Waals surface area contributed by atoms with Crippen molar-refractivity contribution in [3.63, 3.8) is 0 Å². The lowest BCUT2D eigenvalue weighted by molar-refractivity contribution is 0.0787. The molecule has 7 nitrogen and oxygen atoms in total. The molecule has 0 aliphatic carbocycles. The molecule has 1 aliphatic rings. The first-order valence-electron chi connectivity index (χ1n) is 7.37. The quantitative estimate of drug-likeness (QED) is 0.917. The van der Waals surface area contributed by atoms with E-state index in [2.05, 4.69) is 9.97 Å². The molecule has 1 saturated heterocycles. The van der Waals surface area contributed by atoms with Crippen molar-refractivity contribution >= 4 is 21.6 Å². The maximum absolute atomic E-state index is 12.6. The Hall–Kier alpha value is -2.35. The number of sulfonamides is 1. The molecule has 0 unspecified atom stereocenters. The van der Waals surface area contributed by atoms with Gasteiger partial charge >= 0.3 is 0 Å². The van der Waals surface area contributed by atoms with Crippen LogP contribution in [0.3, 0.4) is 0 Å². The van der Waals surface area contributed by atoms with Crippen molar-refractivity contribution in [1.82, 2.24) is 14.9 Å². The van der Waals surface area contributed by atoms with E-state index >= 15 is 0 Å². The molecule has 1 fully saturated rings. The first kappa shape index (κ1) is 15.5. The van der Waals surface area contributed by atoms with Crippen molar-refractivity contribution in [2.75, 3.05) is 24.4 Å². The third-order valence-corrected chi connectivity index (χ3v) is 5.71. The number of aromatic nitrogens is 2. The lowest BCUT2D eigenvalue weighted by atomic mass is 10.4. The lowest BCUT2D eigenvalue weighted by Crippen LogP contribution is -2.28. The SMILES string of the molecule is CN(c1cccnc1)S(=O)(=O)c1c[nH]c(C(=O)N2CCCC2)c1. The fourth-order valence-corrected chi connectivity index (χ4v) is 3.75. The molecule has 1 aliphatic heterocycles. The number of nitrogens with one attached hydrogen (secondary N) is 1. The molecule has 2 aromatic rings. The summed E-state index contributed by atoms with van der Waals surface area (Å²) in [5, 5.41) is 0. The number of hydrogen-bond donors (Lipinski definition) is 1. The highest BCUT2D eigenvalue weighted by molar-refractivity contribution is 7.92. The van der Waals surface area contributed by atoms with Gasteiger partial charge in [-0.2, -0.15) is 0 Å². The summed E-state index contributed by atoms with van der Waals surface area (Å²) >= 11 is 0. The zero-order chi connectivity index (χ0) is 16.4. The number of H-pyrrole nitrogens is 1. The molecule has 23 heavy (non-hydrogen) atoms. The Morgan fingerprint density at radius 1 is 1.35 bits per heavy atom. The number of pyridine rings is 1. The predicted octanol–water partition coefficient (Wildman–Crippen LogP) is 1.47. The van der Waals surface area contributed by atoms with Crippen molar-refractivity contribution in [2.45, 2.75) is 17.7 Å². The molecule has 0 atom stereocenters. The van der Waals surface area contributed by atoms with Gasteiger partial charge < -0.3 is 9.88 Å². The Morgan fingerprint density at radius 3 is 2.74 bits per heavy atom. The monoisotopic (exact) mass is 334 g/mol. The molecule has 0 spiro atoms. The van der Waals surface area contributed by atoms with Crippen LogP contribution in [-0.4, -0.2) is 49.3 Å². The van der Waals surface area contributed by atoms with E-state index in [1.165, 1.54) is 25.5 Å². The maximum atomic E-state index is 12.6. The molecular formula is C15H18N4O3S. The summed E-state index contributed by atoms with van der Waals surface area (Å²) in [5.74, 6) is -0.159. The molecule has 8 heteroatoms. The molecule has 3 rings (SSSR count). The molecule has 0 radical (unpaired) electrons. The predicted molar refractivity (Wildman–Crippen MR) is 85.8 cm³/mol. The third-order valence-electron chi connectivity index (χ3n) is 3.95. The fourth-order valence-electron chi connectivity index (χ4n) is 2.57. The van der Waals surface area contributed by atoms with Crippen LogP contribution in [0.1, 0.15) is 23.3 Å². The maximum Gasteiger partial charge on any atom is 0.270 e. The number of nitrogens with zero attached hydrogens (tertiary/aromatic N) is 3. The highest BCUT2D eigenvalue weighted by Gasteiger charge is 2.26. The smallest absolute Gasteiger partial charge is 0.270 e. The molecule has 0 bridgehead atoms. The van der Waals surface area contributed by atoms with Crippen LogP contribution in [0.15, 0.2) is 41.7 Å². The lowest BCUT2D eigenvalue weighted by Gasteiger charge is -2.18. The van der Waals surface area contributed by atoms with Crippen molar-refractivity contribution in [2.24, 2.45) is 0 Å². The molecule has 0 saturated carbocycles. The average molecular weight is 334 g/mol. The summed E-state index contributed by atoms with van der Waals surface area (Å²) in [6.07, 6.45) is 6.38. The summed E-state index contributed by atoms with van der Waals surface area (Å²) in [6, 6.07) is 4.72. The van der Waals surface area contributed by atoms with Crippen LogP contribution in [-0.2, 0) is 10.0 Å². The molecule has 0 aromatic carbocycles. The first-order valence-corrected chi connectivity index (χ1v) is 8.81. The largest absolute Gasteiger partial charge is 0.356 e. The van der Waals surface area contributed by atoms with Crippen molar-refractivity contribution < 1.29 is 13.2 Å². The minimum absolute atomic E-state index is 0.0615. The number of hydrogen-bond acceptors (Lipinski definition) is 4. The minimum atomic E-state index is -3.74. The number of rotatable bonds is 4. The standard InChI is InChI=1S/C15H18N4O3S/c1-18(12-5-4-6-16-10-12)23(21,22)13-9-14(17-11-13)15(20)19-7-2-3-8-19/h4-6,9-11,17H,2-3,7-8H2,1H3. The van der Waals surface area contributed by atoms with Gasteiger partial charge in [-0.05, 0) is 31.0 Å². The average Bonchev–Trinajstić information content (AvgIpc) is 3.26. The Labute approximate surface area is 135 Å². The van der Waals surface area contributed by atoms with Crippen LogP contribution in [0.5, 0.6) is 0 Å². The Morgan fingerprint density at radius 2 is 2.09 bits per heavy atom. The van der Waals surface area contributed by atoms with Gasteiger partial charge in [-0.15, -0.1) is 0 Å². The number of carbonyl (C=O) groups excluding carboxylic acids is 1. The fraction of sp³-hybridized carbons (Fsp3) is 0.333. The van der Waals surface area contributed by atoms with E-state index in [1.807, 2.05) is 0 Å². The van der Waals surface area contributed by atoms with E-state index in [0.29, 0.717) is 11.4 Å². The van der Waals surface area contributed by atoms with Crippen LogP contribution in [0, 0.1) is 0 Å². The topological polar surface area (TPSA) is 86.4 Å². The molecule has 122 valence electrons.